The maximum absolute atomic E-state index is 5.29. The Morgan fingerprint density at radius 1 is 1.09 bits per heavy atom. The van der Waals surface area contributed by atoms with Gasteiger partial charge in [0.15, 0.2) is 0 Å². The van der Waals surface area contributed by atoms with Gasteiger partial charge >= 0.3 is 0 Å². The first-order chi connectivity index (χ1) is 10.7. The largest absolute Gasteiger partial charge is 0.497 e. The lowest BCUT2D eigenvalue weighted by molar-refractivity contribution is 0.234. The Kier molecular flexibility index (Phi) is 4.96. The first-order valence-corrected chi connectivity index (χ1v) is 8.20. The van der Waals surface area contributed by atoms with Crippen molar-refractivity contribution in [3.63, 3.8) is 0 Å². The van der Waals surface area contributed by atoms with Crippen molar-refractivity contribution in [1.82, 2.24) is 10.2 Å². The minimum absolute atomic E-state index is 0.843. The molecule has 3 heteroatoms. The summed E-state index contributed by atoms with van der Waals surface area (Å²) in [6, 6.07) is 13.0. The number of rotatable bonds is 5. The molecular formula is C19H26N2O. The Morgan fingerprint density at radius 3 is 2.59 bits per heavy atom. The summed E-state index contributed by atoms with van der Waals surface area (Å²) in [5.41, 5.74) is 1.38. The lowest BCUT2D eigenvalue weighted by Crippen LogP contribution is -2.34. The second-order valence-corrected chi connectivity index (χ2v) is 6.44. The van der Waals surface area contributed by atoms with Crippen LogP contribution in [0.5, 0.6) is 5.75 Å². The molecule has 118 valence electrons. The summed E-state index contributed by atoms with van der Waals surface area (Å²) < 4.78 is 5.29. The van der Waals surface area contributed by atoms with Crippen molar-refractivity contribution in [3.8, 4) is 5.75 Å². The SMILES string of the molecule is COc1ccc2cc(CN(C)CC3CCNCC3)ccc2c1. The highest BCUT2D eigenvalue weighted by Gasteiger charge is 2.15. The molecule has 1 saturated heterocycles. The van der Waals surface area contributed by atoms with Crippen LogP contribution in [-0.4, -0.2) is 38.7 Å². The maximum atomic E-state index is 5.29. The molecule has 0 bridgehead atoms. The summed E-state index contributed by atoms with van der Waals surface area (Å²) in [4.78, 5) is 2.46. The van der Waals surface area contributed by atoms with Crippen LogP contribution in [0.1, 0.15) is 18.4 Å². The number of fused-ring (bicyclic) bond motifs is 1. The van der Waals surface area contributed by atoms with E-state index in [-0.39, 0.29) is 0 Å². The van der Waals surface area contributed by atoms with E-state index in [0.717, 1.165) is 18.2 Å². The molecule has 1 aliphatic rings. The van der Waals surface area contributed by atoms with Gasteiger partial charge in [-0.05, 0) is 73.4 Å². The maximum Gasteiger partial charge on any atom is 0.119 e. The van der Waals surface area contributed by atoms with Crippen LogP contribution < -0.4 is 10.1 Å². The number of hydrogen-bond acceptors (Lipinski definition) is 3. The van der Waals surface area contributed by atoms with Gasteiger partial charge in [-0.15, -0.1) is 0 Å². The highest BCUT2D eigenvalue weighted by Crippen LogP contribution is 2.22. The minimum Gasteiger partial charge on any atom is -0.497 e. The van der Waals surface area contributed by atoms with Crippen LogP contribution in [0.15, 0.2) is 36.4 Å². The lowest BCUT2D eigenvalue weighted by Gasteiger charge is -2.27. The Labute approximate surface area is 133 Å². The van der Waals surface area contributed by atoms with E-state index in [1.807, 2.05) is 6.07 Å². The van der Waals surface area contributed by atoms with E-state index in [9.17, 15) is 0 Å². The van der Waals surface area contributed by atoms with Gasteiger partial charge in [0.05, 0.1) is 7.11 Å². The van der Waals surface area contributed by atoms with Crippen molar-refractivity contribution in [2.24, 2.45) is 5.92 Å². The molecule has 0 spiro atoms. The van der Waals surface area contributed by atoms with Crippen LogP contribution >= 0.6 is 0 Å². The number of methoxy groups -OCH3 is 1. The van der Waals surface area contributed by atoms with Gasteiger partial charge in [-0.3, -0.25) is 0 Å². The lowest BCUT2D eigenvalue weighted by atomic mass is 9.97. The molecule has 3 nitrogen and oxygen atoms in total. The van der Waals surface area contributed by atoms with Gasteiger partial charge in [0.2, 0.25) is 0 Å². The third-order valence-electron chi connectivity index (χ3n) is 4.59. The number of nitrogens with one attached hydrogen (secondary N) is 1. The van der Waals surface area contributed by atoms with Crippen LogP contribution in [0.2, 0.25) is 0 Å². The van der Waals surface area contributed by atoms with Crippen LogP contribution in [-0.2, 0) is 6.54 Å². The highest BCUT2D eigenvalue weighted by atomic mass is 16.5. The average Bonchev–Trinajstić information content (AvgIpc) is 2.55. The van der Waals surface area contributed by atoms with Gasteiger partial charge in [-0.25, -0.2) is 0 Å². The molecule has 0 amide bonds. The Balaban J connectivity index is 1.65. The van der Waals surface area contributed by atoms with E-state index in [0.29, 0.717) is 0 Å². The summed E-state index contributed by atoms with van der Waals surface area (Å²) in [6.45, 7) is 4.57. The molecule has 0 aromatic heterocycles. The molecule has 1 N–H and O–H groups in total. The van der Waals surface area contributed by atoms with Gasteiger partial charge in [0.25, 0.3) is 0 Å². The van der Waals surface area contributed by atoms with Gasteiger partial charge in [0, 0.05) is 13.1 Å². The second kappa shape index (κ2) is 7.12. The third kappa shape index (κ3) is 3.79. The van der Waals surface area contributed by atoms with Gasteiger partial charge in [-0.1, -0.05) is 18.2 Å². The topological polar surface area (TPSA) is 24.5 Å². The average molecular weight is 298 g/mol. The molecule has 22 heavy (non-hydrogen) atoms. The molecule has 2 aromatic rings. The molecule has 1 heterocycles. The van der Waals surface area contributed by atoms with E-state index in [1.165, 1.54) is 48.8 Å². The van der Waals surface area contributed by atoms with Crippen molar-refractivity contribution >= 4 is 10.8 Å². The zero-order valence-corrected chi connectivity index (χ0v) is 13.6. The predicted molar refractivity (Wildman–Crippen MR) is 92.4 cm³/mol. The molecule has 2 aromatic carbocycles. The molecule has 1 fully saturated rings. The Hall–Kier alpha value is -1.58. The second-order valence-electron chi connectivity index (χ2n) is 6.44. The number of hydrogen-bond donors (Lipinski definition) is 1. The van der Waals surface area contributed by atoms with E-state index in [2.05, 4.69) is 47.6 Å². The first-order valence-electron chi connectivity index (χ1n) is 8.20. The quantitative estimate of drug-likeness (QED) is 0.917. The summed E-state index contributed by atoms with van der Waals surface area (Å²) >= 11 is 0. The number of ether oxygens (including phenoxy) is 1. The molecule has 0 radical (unpaired) electrons. The van der Waals surface area contributed by atoms with Crippen LogP contribution in [0.3, 0.4) is 0 Å². The van der Waals surface area contributed by atoms with E-state index >= 15 is 0 Å². The van der Waals surface area contributed by atoms with Gasteiger partial charge < -0.3 is 15.0 Å². The van der Waals surface area contributed by atoms with E-state index in [1.54, 1.807) is 7.11 Å². The Morgan fingerprint density at radius 2 is 1.82 bits per heavy atom. The van der Waals surface area contributed by atoms with E-state index in [4.69, 9.17) is 4.74 Å². The van der Waals surface area contributed by atoms with Crippen LogP contribution in [0.4, 0.5) is 0 Å². The van der Waals surface area contributed by atoms with Crippen molar-refractivity contribution in [2.45, 2.75) is 19.4 Å². The highest BCUT2D eigenvalue weighted by molar-refractivity contribution is 5.84. The number of benzene rings is 2. The van der Waals surface area contributed by atoms with Crippen molar-refractivity contribution in [1.29, 1.82) is 0 Å². The third-order valence-corrected chi connectivity index (χ3v) is 4.59. The minimum atomic E-state index is 0.843. The summed E-state index contributed by atoms with van der Waals surface area (Å²) in [6.07, 6.45) is 2.61. The van der Waals surface area contributed by atoms with Crippen molar-refractivity contribution in [3.05, 3.63) is 42.0 Å². The van der Waals surface area contributed by atoms with Crippen molar-refractivity contribution < 1.29 is 4.74 Å². The molecule has 1 aliphatic heterocycles. The fraction of sp³-hybridized carbons (Fsp3) is 0.474. The van der Waals surface area contributed by atoms with E-state index < -0.39 is 0 Å². The Bertz CT molecular complexity index is 620. The molecule has 3 rings (SSSR count). The zero-order valence-electron chi connectivity index (χ0n) is 13.6. The molecule has 0 unspecified atom stereocenters. The molecule has 0 atom stereocenters. The molecular weight excluding hydrogens is 272 g/mol. The standard InChI is InChI=1S/C19H26N2O/c1-21(13-15-7-9-20-10-8-15)14-16-3-4-18-12-19(22-2)6-5-17(18)11-16/h3-6,11-12,15,20H,7-10,13-14H2,1-2H3. The summed E-state index contributed by atoms with van der Waals surface area (Å²) in [5, 5.41) is 5.96. The monoisotopic (exact) mass is 298 g/mol. The molecule has 0 saturated carbocycles. The predicted octanol–water partition coefficient (Wildman–Crippen LogP) is 3.28. The van der Waals surface area contributed by atoms with Crippen LogP contribution in [0, 0.1) is 5.92 Å². The smallest absolute Gasteiger partial charge is 0.119 e. The fourth-order valence-electron chi connectivity index (χ4n) is 3.38. The van der Waals surface area contributed by atoms with Gasteiger partial charge in [0.1, 0.15) is 5.75 Å². The zero-order chi connectivity index (χ0) is 15.4. The van der Waals surface area contributed by atoms with Crippen LogP contribution in [0.25, 0.3) is 10.8 Å². The molecule has 0 aliphatic carbocycles. The summed E-state index contributed by atoms with van der Waals surface area (Å²) in [7, 11) is 3.95. The summed E-state index contributed by atoms with van der Waals surface area (Å²) in [5.74, 6) is 1.76. The normalized spacial score (nSPS) is 16.3. The first kappa shape index (κ1) is 15.3. The number of nitrogens with zero attached hydrogens (tertiary/aromatic N) is 1. The fourth-order valence-corrected chi connectivity index (χ4v) is 3.38. The van der Waals surface area contributed by atoms with Gasteiger partial charge in [-0.2, -0.15) is 0 Å². The number of piperidine rings is 1. The van der Waals surface area contributed by atoms with Crippen molar-refractivity contribution in [2.75, 3.05) is 33.8 Å².